The Hall–Kier alpha value is -3.29. The molecule has 0 amide bonds. The SMILES string of the molecule is C=C/C=C/C(O)CC(=C)CC1OC2C(C)C(OC(=O)CC3CC(OC(C)=O)CC4(CC(C)(O)CC(CC(=C)C(C)C(O)C(C)C(=O)CC5CC(OC)CC6(CC(O)CC(/C=C\CCCC7OC(O)(CC(O)C7C)C2O)O6)O5)O4)O3)C1O. The van der Waals surface area contributed by atoms with E-state index in [0.29, 0.717) is 49.7 Å². The lowest BCUT2D eigenvalue weighted by atomic mass is 9.78. The Morgan fingerprint density at radius 3 is 2.21 bits per heavy atom. The molecule has 0 radical (unpaired) electrons. The highest BCUT2D eigenvalue weighted by Crippen LogP contribution is 2.48. The maximum Gasteiger partial charge on any atom is 0.308 e. The second-order valence-electron chi connectivity index (χ2n) is 25.2. The third-order valence-corrected chi connectivity index (χ3v) is 18.0. The third kappa shape index (κ3) is 16.6. The first-order chi connectivity index (χ1) is 38.0. The zero-order valence-corrected chi connectivity index (χ0v) is 48.6. The van der Waals surface area contributed by atoms with Crippen LogP contribution in [0.2, 0.25) is 0 Å². The van der Waals surface area contributed by atoms with Gasteiger partial charge in [0.1, 0.15) is 30.2 Å². The molecule has 0 aliphatic carbocycles. The van der Waals surface area contributed by atoms with E-state index >= 15 is 0 Å². The first-order valence-electron chi connectivity index (χ1n) is 29.4. The van der Waals surface area contributed by atoms with E-state index in [1.54, 1.807) is 47.8 Å². The molecule has 0 aromatic rings. The molecule has 20 nitrogen and oxygen atoms in total. The Labute approximate surface area is 477 Å². The predicted octanol–water partition coefficient (Wildman–Crippen LogP) is 4.77. The maximum absolute atomic E-state index is 14.4. The van der Waals surface area contributed by atoms with Gasteiger partial charge in [0.25, 0.3) is 0 Å². The largest absolute Gasteiger partial charge is 0.462 e. The molecule has 24 atom stereocenters. The van der Waals surface area contributed by atoms with E-state index in [0.717, 1.165) is 0 Å². The summed E-state index contributed by atoms with van der Waals surface area (Å²) < 4.78 is 57.2. The summed E-state index contributed by atoms with van der Waals surface area (Å²) in [7, 11) is 1.58. The van der Waals surface area contributed by atoms with Crippen molar-refractivity contribution in [3.8, 4) is 0 Å². The minimum atomic E-state index is -2.38. The van der Waals surface area contributed by atoms with Crippen molar-refractivity contribution in [1.29, 1.82) is 0 Å². The molecule has 7 heterocycles. The summed E-state index contributed by atoms with van der Waals surface area (Å²) >= 11 is 0. The number of aliphatic hydroxyl groups is 8. The highest BCUT2D eigenvalue weighted by Gasteiger charge is 2.58. The number of rotatable bonds is 8. The van der Waals surface area contributed by atoms with Crippen molar-refractivity contribution in [1.82, 2.24) is 0 Å². The summed E-state index contributed by atoms with van der Waals surface area (Å²) in [6.07, 6.45) is -6.07. The van der Waals surface area contributed by atoms with Crippen molar-refractivity contribution in [3.63, 3.8) is 0 Å². The van der Waals surface area contributed by atoms with Gasteiger partial charge in [0, 0.05) is 102 Å². The summed E-state index contributed by atoms with van der Waals surface area (Å²) in [5, 5.41) is 93.8. The predicted molar refractivity (Wildman–Crippen MR) is 293 cm³/mol. The van der Waals surface area contributed by atoms with Gasteiger partial charge in [-0.3, -0.25) is 14.4 Å². The van der Waals surface area contributed by atoms with E-state index in [2.05, 4.69) is 19.7 Å². The second-order valence-corrected chi connectivity index (χ2v) is 25.2. The zero-order valence-electron chi connectivity index (χ0n) is 48.6. The van der Waals surface area contributed by atoms with Gasteiger partial charge in [-0.05, 0) is 45.4 Å². The van der Waals surface area contributed by atoms with Crippen molar-refractivity contribution >= 4 is 17.7 Å². The molecule has 10 bridgehead atoms. The van der Waals surface area contributed by atoms with Crippen molar-refractivity contribution < 1.29 is 97.9 Å². The van der Waals surface area contributed by atoms with Crippen molar-refractivity contribution in [3.05, 3.63) is 61.3 Å². The van der Waals surface area contributed by atoms with Crippen molar-refractivity contribution in [2.45, 2.75) is 271 Å². The first kappa shape index (κ1) is 65.3. The van der Waals surface area contributed by atoms with E-state index in [-0.39, 0.29) is 69.7 Å². The minimum absolute atomic E-state index is 0.00495. The smallest absolute Gasteiger partial charge is 0.308 e. The number of carbonyl (C=O) groups excluding carboxylic acids is 3. The Bertz CT molecular complexity index is 2250. The lowest BCUT2D eigenvalue weighted by Crippen LogP contribution is -2.65. The molecule has 0 aromatic carbocycles. The van der Waals surface area contributed by atoms with Crippen LogP contribution in [0.4, 0.5) is 0 Å². The van der Waals surface area contributed by atoms with Crippen LogP contribution in [-0.2, 0) is 57.0 Å². The van der Waals surface area contributed by atoms with Crippen molar-refractivity contribution in [2.24, 2.45) is 23.7 Å². The highest BCUT2D eigenvalue weighted by atomic mass is 16.7. The van der Waals surface area contributed by atoms with Gasteiger partial charge in [-0.2, -0.15) is 0 Å². The molecule has 24 unspecified atom stereocenters. The van der Waals surface area contributed by atoms with Gasteiger partial charge in [0.05, 0.1) is 85.3 Å². The molecule has 2 spiro atoms. The number of allylic oxidation sites excluding steroid dienone is 3. The Morgan fingerprint density at radius 1 is 0.827 bits per heavy atom. The Balaban J connectivity index is 1.20. The lowest BCUT2D eigenvalue weighted by Gasteiger charge is -2.52. The molecular weight excluding hydrogens is 1050 g/mol. The number of esters is 2. The number of ketones is 1. The molecule has 6 saturated heterocycles. The maximum atomic E-state index is 14.4. The number of fused-ring (bicyclic) bond motifs is 8. The van der Waals surface area contributed by atoms with Gasteiger partial charge < -0.3 is 83.5 Å². The molecular formula is C61H94O20. The fourth-order valence-electron chi connectivity index (χ4n) is 13.7. The van der Waals surface area contributed by atoms with E-state index < -0.39 is 163 Å². The van der Waals surface area contributed by atoms with E-state index in [1.165, 1.54) is 19.1 Å². The van der Waals surface area contributed by atoms with Crippen LogP contribution in [0.15, 0.2) is 61.3 Å². The quantitative estimate of drug-likeness (QED) is 0.0922. The summed E-state index contributed by atoms with van der Waals surface area (Å²) in [6.45, 7) is 21.8. The topological polar surface area (TPSA) is 296 Å². The number of hydrogen-bond acceptors (Lipinski definition) is 20. The Kier molecular flexibility index (Phi) is 22.1. The zero-order chi connectivity index (χ0) is 59.4. The number of aliphatic hydroxyl groups excluding tert-OH is 6. The molecule has 0 aromatic heterocycles. The van der Waals surface area contributed by atoms with Crippen LogP contribution in [0.1, 0.15) is 151 Å². The summed E-state index contributed by atoms with van der Waals surface area (Å²) in [5.41, 5.74) is -0.417. The number of carbonyl (C=O) groups is 3. The standard InChI is InChI=1S/C61H94O20/c1-11-12-16-40(63)19-33(2)20-51-54(69)55-38(7)56(75-51)57(70)61(72)31-49(66)36(5)50(81-61)18-15-13-14-17-42-22-41(64)27-59(77-42)29-45(73-10)23-43(78-59)25-48(65)37(6)53(68)35(4)34(3)21-47-28-58(9,71)32-60(80-47)30-46(74-39(8)62)24-44(79-60)26-52(67)76-55/h11-12,14,16-17,35-38,40-47,49-51,53-57,63-64,66,68-72H,1-3,13,15,18-32H2,4-10H3/b16-12+,17-14-. The number of ether oxygens (including phenoxy) is 9. The molecule has 0 saturated carbocycles. The minimum Gasteiger partial charge on any atom is -0.462 e. The molecule has 6 fully saturated rings. The molecule has 7 aliphatic heterocycles. The monoisotopic (exact) mass is 1150 g/mol. The van der Waals surface area contributed by atoms with Crippen LogP contribution in [0.5, 0.6) is 0 Å². The van der Waals surface area contributed by atoms with Crippen LogP contribution in [0.3, 0.4) is 0 Å². The molecule has 8 N–H and O–H groups in total. The summed E-state index contributed by atoms with van der Waals surface area (Å²) in [4.78, 5) is 41.0. The Morgan fingerprint density at radius 2 is 1.51 bits per heavy atom. The van der Waals surface area contributed by atoms with Crippen LogP contribution < -0.4 is 0 Å². The molecule has 458 valence electrons. The van der Waals surface area contributed by atoms with Gasteiger partial charge >= 0.3 is 11.9 Å². The van der Waals surface area contributed by atoms with Gasteiger partial charge in [-0.25, -0.2) is 0 Å². The fourth-order valence-corrected chi connectivity index (χ4v) is 13.7. The van der Waals surface area contributed by atoms with E-state index in [9.17, 15) is 55.2 Å². The van der Waals surface area contributed by atoms with Crippen LogP contribution in [0, 0.1) is 23.7 Å². The fraction of sp³-hybridized carbons (Fsp3) is 0.787. The molecule has 7 rings (SSSR count). The molecule has 81 heavy (non-hydrogen) atoms. The van der Waals surface area contributed by atoms with Crippen LogP contribution >= 0.6 is 0 Å². The van der Waals surface area contributed by atoms with Gasteiger partial charge in [0.15, 0.2) is 17.4 Å². The van der Waals surface area contributed by atoms with Gasteiger partial charge in [-0.15, -0.1) is 0 Å². The summed E-state index contributed by atoms with van der Waals surface area (Å²) in [5.74, 6) is -9.90. The van der Waals surface area contributed by atoms with Crippen molar-refractivity contribution in [2.75, 3.05) is 7.11 Å². The molecule has 7 aliphatic rings. The number of Topliss-reactive ketones (excluding diaryl/α,β-unsaturated/α-hetero) is 1. The first-order valence-corrected chi connectivity index (χ1v) is 29.4. The van der Waals surface area contributed by atoms with Gasteiger partial charge in [-0.1, -0.05) is 89.0 Å². The number of hydrogen-bond donors (Lipinski definition) is 8. The normalized spacial score (nSPS) is 46.2. The summed E-state index contributed by atoms with van der Waals surface area (Å²) in [6, 6.07) is 0. The third-order valence-electron chi connectivity index (χ3n) is 18.0. The van der Waals surface area contributed by atoms with E-state index in [4.69, 9.17) is 42.6 Å². The highest BCUT2D eigenvalue weighted by molar-refractivity contribution is 5.81. The average Bonchev–Trinajstić information content (AvgIpc) is 3.57. The van der Waals surface area contributed by atoms with Crippen LogP contribution in [-0.4, -0.2) is 186 Å². The number of methoxy groups -OCH3 is 1. The van der Waals surface area contributed by atoms with Crippen LogP contribution in [0.25, 0.3) is 0 Å². The molecule has 20 heteroatoms. The second kappa shape index (κ2) is 27.4. The van der Waals surface area contributed by atoms with Gasteiger partial charge in [0.2, 0.25) is 0 Å². The van der Waals surface area contributed by atoms with E-state index in [1.807, 2.05) is 12.2 Å². The average molecular weight is 1150 g/mol. The lowest BCUT2D eigenvalue weighted by molar-refractivity contribution is -0.351.